The van der Waals surface area contributed by atoms with Gasteiger partial charge in [-0.2, -0.15) is 0 Å². The second-order valence-electron chi connectivity index (χ2n) is 24.5. The van der Waals surface area contributed by atoms with E-state index in [4.69, 9.17) is 4.74 Å². The fourth-order valence-electron chi connectivity index (χ4n) is 17.8. The monoisotopic (exact) mass is 969 g/mol. The van der Waals surface area contributed by atoms with E-state index >= 15 is 0 Å². The van der Waals surface area contributed by atoms with Crippen molar-refractivity contribution in [3.63, 3.8) is 0 Å². The molecule has 6 fully saturated rings. The van der Waals surface area contributed by atoms with Crippen molar-refractivity contribution in [2.45, 2.75) is 184 Å². The van der Waals surface area contributed by atoms with E-state index in [1.807, 2.05) is 36.4 Å². The highest BCUT2D eigenvalue weighted by Crippen LogP contribution is 2.70. The predicted molar refractivity (Wildman–Crippen MR) is 281 cm³/mol. The van der Waals surface area contributed by atoms with Crippen LogP contribution in [-0.2, 0) is 28.7 Å². The zero-order chi connectivity index (χ0) is 51.4. The first kappa shape index (κ1) is 52.7. The number of phenolic OH excluding ortho intramolecular Hbond substituents is 2. The lowest BCUT2D eigenvalue weighted by Crippen LogP contribution is -2.59. The number of esters is 1. The normalized spacial score (nSPS) is 38.0. The molecule has 2 N–H and O–H groups in total. The number of phenols is 2. The third kappa shape index (κ3) is 9.16. The molecule has 0 spiro atoms. The van der Waals surface area contributed by atoms with Crippen LogP contribution in [0, 0.1) is 69.0 Å². The van der Waals surface area contributed by atoms with Gasteiger partial charge in [0.2, 0.25) is 0 Å². The van der Waals surface area contributed by atoms with Gasteiger partial charge in [-0.1, -0.05) is 83.9 Å². The Hall–Kier alpha value is -4.59. The second-order valence-corrected chi connectivity index (χ2v) is 24.5. The summed E-state index contributed by atoms with van der Waals surface area (Å²) in [4.78, 5) is 60.8. The molecule has 0 aromatic heterocycles. The van der Waals surface area contributed by atoms with Gasteiger partial charge in [0.05, 0.1) is 0 Å². The molecule has 10 rings (SSSR count). The largest absolute Gasteiger partial charge is 0.508 e. The first-order chi connectivity index (χ1) is 33.6. The molecule has 13 atom stereocenters. The number of carbonyl (C=O) groups excluding carboxylic acids is 5. The molecule has 71 heavy (non-hydrogen) atoms. The molecule has 6 saturated carbocycles. The highest BCUT2D eigenvalue weighted by molar-refractivity contribution is 5.93. The van der Waals surface area contributed by atoms with Crippen LogP contribution in [0.15, 0.2) is 71.8 Å². The molecule has 0 heterocycles. The van der Waals surface area contributed by atoms with Crippen LogP contribution in [0.5, 0.6) is 11.5 Å². The number of hydrogen-bond donors (Lipinski definition) is 2. The van der Waals surface area contributed by atoms with Gasteiger partial charge in [0.15, 0.2) is 23.0 Å². The number of carbonyl (C=O) groups is 5. The van der Waals surface area contributed by atoms with Gasteiger partial charge in [-0.05, 0) is 227 Å². The Morgan fingerprint density at radius 3 is 1.69 bits per heavy atom. The fourth-order valence-corrected chi connectivity index (χ4v) is 17.8. The van der Waals surface area contributed by atoms with Gasteiger partial charge in [-0.25, -0.2) is 0 Å². The molecule has 0 amide bonds. The lowest BCUT2D eigenvalue weighted by molar-refractivity contribution is -0.187. The summed E-state index contributed by atoms with van der Waals surface area (Å²) < 4.78 is 5.84. The Kier molecular flexibility index (Phi) is 14.9. The Labute approximate surface area is 425 Å². The SMILES string of the molecule is CC(=O)O[C@]1(C(C)=O)CC[C@H]2[C@@H]3C[C@H](C)C4=CC(=O)CC[C@]4(C)[C@H]3CC[C@@]21C.CC(=O)[C@H]1CC[C@H]2[C@@H]3CCC4=CC(=O)CC[C@]4(C)[C@H]3CC[C@]12C.CC/C(=C(/CC)c1ccc(O)cc1)c1ccc(O)cc1. The average Bonchev–Trinajstić information content (AvgIpc) is 3.84. The zero-order valence-electron chi connectivity index (χ0n) is 44.8. The number of allylic oxidation sites excluding steroid dienone is 4. The van der Waals surface area contributed by atoms with Crippen molar-refractivity contribution in [2.75, 3.05) is 0 Å². The number of benzene rings is 2. The fraction of sp³-hybridized carbons (Fsp3) is 0.635. The molecule has 0 bridgehead atoms. The lowest BCUT2D eigenvalue weighted by Gasteiger charge is -2.60. The van der Waals surface area contributed by atoms with Crippen LogP contribution in [0.3, 0.4) is 0 Å². The third-order valence-electron chi connectivity index (χ3n) is 21.2. The number of ketones is 4. The summed E-state index contributed by atoms with van der Waals surface area (Å²) in [5.74, 6) is 5.68. The molecule has 2 aromatic rings. The minimum Gasteiger partial charge on any atom is -0.508 e. The molecule has 8 aliphatic carbocycles. The van der Waals surface area contributed by atoms with Gasteiger partial charge in [0.25, 0.3) is 0 Å². The molecule has 384 valence electrons. The van der Waals surface area contributed by atoms with E-state index in [0.29, 0.717) is 54.0 Å². The minimum absolute atomic E-state index is 0.00469. The lowest BCUT2D eigenvalue weighted by atomic mass is 9.44. The molecule has 8 aliphatic rings. The van der Waals surface area contributed by atoms with Crippen LogP contribution >= 0.6 is 0 Å². The number of ether oxygens (including phenoxy) is 1. The summed E-state index contributed by atoms with van der Waals surface area (Å²) in [6.07, 6.45) is 21.0. The summed E-state index contributed by atoms with van der Waals surface area (Å²) in [5, 5.41) is 18.8. The Morgan fingerprint density at radius 1 is 0.606 bits per heavy atom. The van der Waals surface area contributed by atoms with Gasteiger partial charge >= 0.3 is 5.97 Å². The van der Waals surface area contributed by atoms with Gasteiger partial charge in [0, 0.05) is 31.1 Å². The predicted octanol–water partition coefficient (Wildman–Crippen LogP) is 14.2. The van der Waals surface area contributed by atoms with Crippen LogP contribution in [0.1, 0.15) is 190 Å². The molecular weight excluding hydrogens is 885 g/mol. The van der Waals surface area contributed by atoms with Crippen molar-refractivity contribution in [1.82, 2.24) is 0 Å². The van der Waals surface area contributed by atoms with E-state index in [0.717, 1.165) is 99.5 Å². The number of aromatic hydroxyl groups is 2. The highest BCUT2D eigenvalue weighted by atomic mass is 16.6. The topological polar surface area (TPSA) is 135 Å². The van der Waals surface area contributed by atoms with Crippen molar-refractivity contribution in [2.24, 2.45) is 69.0 Å². The Balaban J connectivity index is 0.000000145. The molecule has 2 aromatic carbocycles. The third-order valence-corrected chi connectivity index (χ3v) is 21.2. The van der Waals surface area contributed by atoms with Crippen LogP contribution < -0.4 is 0 Å². The van der Waals surface area contributed by atoms with Crippen LogP contribution in [0.4, 0.5) is 0 Å². The van der Waals surface area contributed by atoms with E-state index in [1.165, 1.54) is 54.9 Å². The smallest absolute Gasteiger partial charge is 0.303 e. The Bertz CT molecular complexity index is 2440. The molecule has 0 aliphatic heterocycles. The van der Waals surface area contributed by atoms with Crippen LogP contribution in [-0.4, -0.2) is 44.9 Å². The quantitative estimate of drug-likeness (QED) is 0.207. The molecule has 8 nitrogen and oxygen atoms in total. The highest BCUT2D eigenvalue weighted by Gasteiger charge is 2.68. The summed E-state index contributed by atoms with van der Waals surface area (Å²) in [7, 11) is 0. The molecule has 0 radical (unpaired) electrons. The van der Waals surface area contributed by atoms with Crippen molar-refractivity contribution in [3.8, 4) is 11.5 Å². The number of fused-ring (bicyclic) bond motifs is 10. The molecule has 0 unspecified atom stereocenters. The molecule has 8 heteroatoms. The summed E-state index contributed by atoms with van der Waals surface area (Å²) in [5.41, 5.74) is 6.98. The number of hydrogen-bond acceptors (Lipinski definition) is 8. The summed E-state index contributed by atoms with van der Waals surface area (Å²) in [6.45, 7) is 20.8. The van der Waals surface area contributed by atoms with Crippen molar-refractivity contribution < 1.29 is 38.9 Å². The first-order valence-electron chi connectivity index (χ1n) is 27.6. The van der Waals surface area contributed by atoms with Gasteiger partial charge in [0.1, 0.15) is 17.3 Å². The maximum Gasteiger partial charge on any atom is 0.303 e. The maximum atomic E-state index is 12.8. The van der Waals surface area contributed by atoms with Crippen molar-refractivity contribution in [3.05, 3.63) is 83.0 Å². The molecular formula is C63H84O8. The number of Topliss-reactive ketones (excluding diaryl/α,β-unsaturated/α-hetero) is 2. The summed E-state index contributed by atoms with van der Waals surface area (Å²) >= 11 is 0. The average molecular weight is 969 g/mol. The Morgan fingerprint density at radius 2 is 1.14 bits per heavy atom. The van der Waals surface area contributed by atoms with Gasteiger partial charge in [-0.3, -0.25) is 24.0 Å². The van der Waals surface area contributed by atoms with E-state index < -0.39 is 5.60 Å². The second kappa shape index (κ2) is 20.0. The minimum atomic E-state index is -0.961. The van der Waals surface area contributed by atoms with E-state index in [-0.39, 0.29) is 50.7 Å². The zero-order valence-corrected chi connectivity index (χ0v) is 44.8. The van der Waals surface area contributed by atoms with E-state index in [1.54, 1.807) is 38.1 Å². The van der Waals surface area contributed by atoms with Crippen LogP contribution in [0.25, 0.3) is 11.1 Å². The number of rotatable bonds is 7. The van der Waals surface area contributed by atoms with Gasteiger partial charge < -0.3 is 14.9 Å². The maximum absolute atomic E-state index is 12.8. The van der Waals surface area contributed by atoms with E-state index in [2.05, 4.69) is 48.5 Å². The standard InChI is InChI=1S/C24H34O4.C21H30O2.C18H20O2/c1-14-12-18-19(22(4)9-6-17(27)13-21(14)22)7-10-23(5)20(18)8-11-24(23,15(2)25)28-16(3)26;1-13(22)17-6-7-18-16-5-4-14-12-15(23)8-10-20(14,2)19(16)9-11-21(17,18)3;1-3-17(13-5-9-15(19)10-6-13)18(4-2)14-7-11-16(20)12-8-14/h13-14,18-20H,6-12H2,1-5H3;12,16-19H,4-11H2,1-3H3;5-12,19-20H,3-4H2,1-2H3/b;;18-17+/t14-,18+,19-,20-,22+,23-,24-;16-,17+,18-,19-,20-,21+;/m00./s1. The molecule has 0 saturated heterocycles. The van der Waals surface area contributed by atoms with Crippen molar-refractivity contribution in [1.29, 1.82) is 0 Å². The first-order valence-corrected chi connectivity index (χ1v) is 27.6. The van der Waals surface area contributed by atoms with Crippen LogP contribution in [0.2, 0.25) is 0 Å². The van der Waals surface area contributed by atoms with Crippen molar-refractivity contribution >= 4 is 40.2 Å². The van der Waals surface area contributed by atoms with E-state index in [9.17, 15) is 34.2 Å². The van der Waals surface area contributed by atoms with Gasteiger partial charge in [-0.15, -0.1) is 0 Å². The summed E-state index contributed by atoms with van der Waals surface area (Å²) in [6, 6.07) is 14.7.